The van der Waals surface area contributed by atoms with E-state index in [0.29, 0.717) is 5.02 Å². The van der Waals surface area contributed by atoms with Crippen molar-refractivity contribution < 1.29 is 9.90 Å². The third kappa shape index (κ3) is 3.22. The van der Waals surface area contributed by atoms with E-state index in [4.69, 9.17) is 16.7 Å². The van der Waals surface area contributed by atoms with Gasteiger partial charge in [0.2, 0.25) is 0 Å². The first-order chi connectivity index (χ1) is 8.15. The van der Waals surface area contributed by atoms with Crippen molar-refractivity contribution in [2.24, 2.45) is 0 Å². The van der Waals surface area contributed by atoms with Gasteiger partial charge in [-0.25, -0.2) is 9.78 Å². The lowest BCUT2D eigenvalue weighted by molar-refractivity contribution is 0.0696. The second-order valence-electron chi connectivity index (χ2n) is 3.25. The molecule has 0 fully saturated rings. The molecular formula is C12H8ClNO2S. The van der Waals surface area contributed by atoms with E-state index in [1.165, 1.54) is 11.8 Å². The molecule has 1 N–H and O–H groups in total. The van der Waals surface area contributed by atoms with Crippen LogP contribution in [0.2, 0.25) is 5.02 Å². The molecule has 1 aromatic carbocycles. The first-order valence-electron chi connectivity index (χ1n) is 4.78. The number of hydrogen-bond donors (Lipinski definition) is 1. The maximum atomic E-state index is 10.8. The van der Waals surface area contributed by atoms with Crippen molar-refractivity contribution in [2.75, 3.05) is 0 Å². The van der Waals surface area contributed by atoms with Crippen LogP contribution in [-0.4, -0.2) is 16.1 Å². The molecule has 0 amide bonds. The number of carboxylic acid groups (broad SMARTS) is 1. The SMILES string of the molecule is O=C(O)c1cccc(Sc2ccc(Cl)cn2)c1. The van der Waals surface area contributed by atoms with Crippen LogP contribution in [0.25, 0.3) is 0 Å². The summed E-state index contributed by atoms with van der Waals surface area (Å²) in [7, 11) is 0. The Hall–Kier alpha value is -1.52. The van der Waals surface area contributed by atoms with Crippen LogP contribution in [0.3, 0.4) is 0 Å². The molecule has 0 aliphatic carbocycles. The van der Waals surface area contributed by atoms with E-state index in [-0.39, 0.29) is 5.56 Å². The third-order valence-electron chi connectivity index (χ3n) is 2.00. The van der Waals surface area contributed by atoms with Crippen LogP contribution in [0.15, 0.2) is 52.5 Å². The quantitative estimate of drug-likeness (QED) is 0.921. The molecule has 1 aromatic heterocycles. The topological polar surface area (TPSA) is 50.2 Å². The molecule has 2 aromatic rings. The summed E-state index contributed by atoms with van der Waals surface area (Å²) in [5.74, 6) is -0.934. The lowest BCUT2D eigenvalue weighted by Crippen LogP contribution is -1.95. The molecule has 0 spiro atoms. The number of aromatic carboxylic acids is 1. The van der Waals surface area contributed by atoms with Gasteiger partial charge >= 0.3 is 5.97 Å². The molecule has 1 heterocycles. The summed E-state index contributed by atoms with van der Waals surface area (Å²) in [6, 6.07) is 10.3. The van der Waals surface area contributed by atoms with E-state index in [0.717, 1.165) is 9.92 Å². The van der Waals surface area contributed by atoms with Gasteiger partial charge in [0.1, 0.15) is 5.03 Å². The average molecular weight is 266 g/mol. The highest BCUT2D eigenvalue weighted by Crippen LogP contribution is 2.27. The Labute approximate surface area is 107 Å². The number of aromatic nitrogens is 1. The highest BCUT2D eigenvalue weighted by atomic mass is 35.5. The van der Waals surface area contributed by atoms with Gasteiger partial charge in [-0.15, -0.1) is 0 Å². The fraction of sp³-hybridized carbons (Fsp3) is 0. The predicted octanol–water partition coefficient (Wildman–Crippen LogP) is 3.58. The summed E-state index contributed by atoms with van der Waals surface area (Å²) in [6.07, 6.45) is 1.56. The van der Waals surface area contributed by atoms with Gasteiger partial charge in [-0.3, -0.25) is 0 Å². The summed E-state index contributed by atoms with van der Waals surface area (Å²) >= 11 is 7.13. The number of nitrogens with zero attached hydrogens (tertiary/aromatic N) is 1. The van der Waals surface area contributed by atoms with Gasteiger partial charge in [-0.2, -0.15) is 0 Å². The summed E-state index contributed by atoms with van der Waals surface area (Å²) in [5.41, 5.74) is 0.268. The van der Waals surface area contributed by atoms with Crippen molar-refractivity contribution >= 4 is 29.3 Å². The Bertz CT molecular complexity index is 542. The van der Waals surface area contributed by atoms with Crippen molar-refractivity contribution in [1.82, 2.24) is 4.98 Å². The monoisotopic (exact) mass is 265 g/mol. The van der Waals surface area contributed by atoms with E-state index >= 15 is 0 Å². The minimum atomic E-state index is -0.934. The van der Waals surface area contributed by atoms with Crippen LogP contribution in [-0.2, 0) is 0 Å². The second-order valence-corrected chi connectivity index (χ2v) is 4.78. The highest BCUT2D eigenvalue weighted by molar-refractivity contribution is 7.99. The number of rotatable bonds is 3. The standard InChI is InChI=1S/C12H8ClNO2S/c13-9-4-5-11(14-7-9)17-10-3-1-2-8(6-10)12(15)16/h1-7H,(H,15,16). The lowest BCUT2D eigenvalue weighted by atomic mass is 10.2. The van der Waals surface area contributed by atoms with Crippen LogP contribution in [0.4, 0.5) is 0 Å². The number of carbonyl (C=O) groups is 1. The number of pyridine rings is 1. The third-order valence-corrected chi connectivity index (χ3v) is 3.17. The van der Waals surface area contributed by atoms with Crippen molar-refractivity contribution in [3.8, 4) is 0 Å². The van der Waals surface area contributed by atoms with Crippen molar-refractivity contribution in [3.05, 3.63) is 53.2 Å². The number of hydrogen-bond acceptors (Lipinski definition) is 3. The molecule has 86 valence electrons. The van der Waals surface area contributed by atoms with Gasteiger partial charge in [0.25, 0.3) is 0 Å². The van der Waals surface area contributed by atoms with Crippen molar-refractivity contribution in [1.29, 1.82) is 0 Å². The molecule has 0 radical (unpaired) electrons. The normalized spacial score (nSPS) is 10.2. The van der Waals surface area contributed by atoms with E-state index in [2.05, 4.69) is 4.98 Å². The van der Waals surface area contributed by atoms with Crippen LogP contribution in [0.5, 0.6) is 0 Å². The Kier molecular flexibility index (Phi) is 3.66. The summed E-state index contributed by atoms with van der Waals surface area (Å²) in [4.78, 5) is 15.8. The molecule has 0 aliphatic rings. The molecule has 0 unspecified atom stereocenters. The molecule has 2 rings (SSSR count). The number of halogens is 1. The summed E-state index contributed by atoms with van der Waals surface area (Å²) in [6.45, 7) is 0. The molecule has 17 heavy (non-hydrogen) atoms. The molecule has 0 aliphatic heterocycles. The van der Waals surface area contributed by atoms with Crippen LogP contribution < -0.4 is 0 Å². The minimum Gasteiger partial charge on any atom is -0.478 e. The van der Waals surface area contributed by atoms with Gasteiger partial charge < -0.3 is 5.11 Å². The number of carboxylic acids is 1. The van der Waals surface area contributed by atoms with E-state index in [1.54, 1.807) is 36.5 Å². The van der Waals surface area contributed by atoms with E-state index in [1.807, 2.05) is 6.07 Å². The van der Waals surface area contributed by atoms with Gasteiger partial charge in [0, 0.05) is 11.1 Å². The summed E-state index contributed by atoms with van der Waals surface area (Å²) in [5, 5.41) is 10.2. The van der Waals surface area contributed by atoms with Gasteiger partial charge in [-0.1, -0.05) is 29.4 Å². The zero-order chi connectivity index (χ0) is 12.3. The van der Waals surface area contributed by atoms with Crippen LogP contribution in [0, 0.1) is 0 Å². The van der Waals surface area contributed by atoms with Crippen LogP contribution in [0.1, 0.15) is 10.4 Å². The molecule has 0 saturated heterocycles. The molecule has 5 heteroatoms. The molecule has 0 saturated carbocycles. The fourth-order valence-electron chi connectivity index (χ4n) is 1.24. The largest absolute Gasteiger partial charge is 0.478 e. The maximum absolute atomic E-state index is 10.8. The average Bonchev–Trinajstić information content (AvgIpc) is 2.32. The highest BCUT2D eigenvalue weighted by Gasteiger charge is 2.04. The molecule has 3 nitrogen and oxygen atoms in total. The van der Waals surface area contributed by atoms with Crippen molar-refractivity contribution in [3.63, 3.8) is 0 Å². The Morgan fingerprint density at radius 2 is 2.12 bits per heavy atom. The Morgan fingerprint density at radius 3 is 2.76 bits per heavy atom. The van der Waals surface area contributed by atoms with E-state index < -0.39 is 5.97 Å². The number of benzene rings is 1. The molecule has 0 bridgehead atoms. The van der Waals surface area contributed by atoms with Gasteiger partial charge in [-0.05, 0) is 30.3 Å². The van der Waals surface area contributed by atoms with Crippen molar-refractivity contribution in [2.45, 2.75) is 9.92 Å². The minimum absolute atomic E-state index is 0.268. The van der Waals surface area contributed by atoms with Crippen LogP contribution >= 0.6 is 23.4 Å². The van der Waals surface area contributed by atoms with E-state index in [9.17, 15) is 4.79 Å². The smallest absolute Gasteiger partial charge is 0.335 e. The Balaban J connectivity index is 2.21. The maximum Gasteiger partial charge on any atom is 0.335 e. The predicted molar refractivity (Wildman–Crippen MR) is 66.8 cm³/mol. The fourth-order valence-corrected chi connectivity index (χ4v) is 2.16. The van der Waals surface area contributed by atoms with Gasteiger partial charge in [0.15, 0.2) is 0 Å². The lowest BCUT2D eigenvalue weighted by Gasteiger charge is -2.02. The second kappa shape index (κ2) is 5.21. The Morgan fingerprint density at radius 1 is 1.29 bits per heavy atom. The first-order valence-corrected chi connectivity index (χ1v) is 5.97. The zero-order valence-electron chi connectivity index (χ0n) is 8.63. The first kappa shape index (κ1) is 12.0. The molecule has 0 atom stereocenters. The summed E-state index contributed by atoms with van der Waals surface area (Å²) < 4.78 is 0. The zero-order valence-corrected chi connectivity index (χ0v) is 10.2. The molecular weight excluding hydrogens is 258 g/mol. The van der Waals surface area contributed by atoms with Gasteiger partial charge in [0.05, 0.1) is 10.6 Å².